The predicted molar refractivity (Wildman–Crippen MR) is 83.3 cm³/mol. The molecule has 0 aromatic carbocycles. The first-order valence-electron chi connectivity index (χ1n) is 6.98. The summed E-state index contributed by atoms with van der Waals surface area (Å²) in [6.07, 6.45) is 2.17. The Kier molecular flexibility index (Phi) is 7.34. The fourth-order valence-electron chi connectivity index (χ4n) is 1.92. The smallest absolute Gasteiger partial charge is 0.185 e. The van der Waals surface area contributed by atoms with Crippen molar-refractivity contribution in [2.45, 2.75) is 39.2 Å². The number of ether oxygens (including phenoxy) is 1. The second-order valence-electron chi connectivity index (χ2n) is 4.91. The van der Waals surface area contributed by atoms with Crippen molar-refractivity contribution in [3.05, 3.63) is 10.6 Å². The molecule has 1 aromatic rings. The second-order valence-corrected chi connectivity index (χ2v) is 5.97. The highest BCUT2D eigenvalue weighted by molar-refractivity contribution is 7.15. The number of nitrogens with zero attached hydrogens (tertiary/aromatic N) is 2. The van der Waals surface area contributed by atoms with Crippen LogP contribution in [0.1, 0.15) is 43.2 Å². The number of rotatable bonds is 9. The first-order valence-corrected chi connectivity index (χ1v) is 7.79. The number of methoxy groups -OCH3 is 1. The maximum atomic E-state index is 5.10. The second kappa shape index (κ2) is 8.51. The van der Waals surface area contributed by atoms with E-state index in [-0.39, 0.29) is 0 Å². The highest BCUT2D eigenvalue weighted by Crippen LogP contribution is 2.31. The summed E-state index contributed by atoms with van der Waals surface area (Å²) >= 11 is 1.81. The molecule has 1 atom stereocenters. The largest absolute Gasteiger partial charge is 0.385 e. The third-order valence-corrected chi connectivity index (χ3v) is 4.49. The van der Waals surface area contributed by atoms with E-state index >= 15 is 0 Å². The topological polar surface area (TPSA) is 37.4 Å². The van der Waals surface area contributed by atoms with Crippen LogP contribution in [0.3, 0.4) is 0 Å². The van der Waals surface area contributed by atoms with E-state index in [0.717, 1.165) is 37.7 Å². The fraction of sp³-hybridized carbons (Fsp3) is 0.786. The van der Waals surface area contributed by atoms with Gasteiger partial charge < -0.3 is 15.0 Å². The maximum absolute atomic E-state index is 5.10. The van der Waals surface area contributed by atoms with Crippen molar-refractivity contribution in [1.82, 2.24) is 10.3 Å². The number of anilines is 1. The van der Waals surface area contributed by atoms with Gasteiger partial charge in [-0.25, -0.2) is 4.98 Å². The van der Waals surface area contributed by atoms with Crippen LogP contribution in [0, 0.1) is 0 Å². The average molecular weight is 285 g/mol. The van der Waals surface area contributed by atoms with E-state index in [1.807, 2.05) is 7.05 Å². The van der Waals surface area contributed by atoms with Gasteiger partial charge in [-0.2, -0.15) is 0 Å². The molecule has 0 spiro atoms. The molecule has 0 fully saturated rings. The van der Waals surface area contributed by atoms with Gasteiger partial charge in [0.25, 0.3) is 0 Å². The Morgan fingerprint density at radius 1 is 1.47 bits per heavy atom. The molecule has 0 amide bonds. The molecular weight excluding hydrogens is 258 g/mol. The summed E-state index contributed by atoms with van der Waals surface area (Å²) in [6.45, 7) is 7.17. The van der Waals surface area contributed by atoms with Gasteiger partial charge in [0.05, 0.1) is 5.69 Å². The summed E-state index contributed by atoms with van der Waals surface area (Å²) in [5, 5.41) is 4.36. The third-order valence-electron chi connectivity index (χ3n) is 3.30. The first kappa shape index (κ1) is 16.4. The number of thiazole rings is 1. The van der Waals surface area contributed by atoms with E-state index in [4.69, 9.17) is 9.72 Å². The molecule has 0 aliphatic heterocycles. The van der Waals surface area contributed by atoms with Gasteiger partial charge in [0.2, 0.25) is 0 Å². The normalized spacial score (nSPS) is 12.7. The number of nitrogens with one attached hydrogen (secondary N) is 1. The lowest BCUT2D eigenvalue weighted by molar-refractivity contribution is 0.196. The molecule has 5 heteroatoms. The van der Waals surface area contributed by atoms with Crippen LogP contribution in [0.2, 0.25) is 0 Å². The zero-order chi connectivity index (χ0) is 14.3. The lowest BCUT2D eigenvalue weighted by Crippen LogP contribution is -2.19. The minimum absolute atomic E-state index is 0.528. The van der Waals surface area contributed by atoms with Crippen LogP contribution in [0.15, 0.2) is 0 Å². The lowest BCUT2D eigenvalue weighted by Gasteiger charge is -2.15. The molecule has 4 nitrogen and oxygen atoms in total. The summed E-state index contributed by atoms with van der Waals surface area (Å²) in [6, 6.07) is 0. The van der Waals surface area contributed by atoms with Crippen molar-refractivity contribution in [3.8, 4) is 0 Å². The number of hydrogen-bond donors (Lipinski definition) is 1. The first-order chi connectivity index (χ1) is 9.13. The molecule has 1 N–H and O–H groups in total. The van der Waals surface area contributed by atoms with Crippen LogP contribution in [-0.2, 0) is 11.3 Å². The lowest BCUT2D eigenvalue weighted by atomic mass is 10.0. The Hall–Kier alpha value is -0.650. The van der Waals surface area contributed by atoms with Crippen molar-refractivity contribution >= 4 is 16.5 Å². The van der Waals surface area contributed by atoms with Crippen LogP contribution in [0.4, 0.5) is 5.13 Å². The fourth-order valence-corrected chi connectivity index (χ4v) is 3.10. The van der Waals surface area contributed by atoms with Gasteiger partial charge in [-0.3, -0.25) is 0 Å². The molecule has 0 radical (unpaired) electrons. The molecule has 1 unspecified atom stereocenters. The summed E-state index contributed by atoms with van der Waals surface area (Å²) in [4.78, 5) is 8.44. The molecule has 0 bridgehead atoms. The van der Waals surface area contributed by atoms with Gasteiger partial charge in [-0.1, -0.05) is 13.8 Å². The standard InChI is InChI=1S/C14H27N3OS/c1-6-11(2)13-12(10-15-3)19-14(16-13)17(4)8-7-9-18-5/h11,15H,6-10H2,1-5H3. The Morgan fingerprint density at radius 3 is 2.79 bits per heavy atom. The zero-order valence-electron chi connectivity index (χ0n) is 12.8. The molecule has 19 heavy (non-hydrogen) atoms. The van der Waals surface area contributed by atoms with Crippen molar-refractivity contribution in [2.75, 3.05) is 39.3 Å². The highest BCUT2D eigenvalue weighted by atomic mass is 32.1. The molecule has 0 saturated carbocycles. The molecule has 0 aliphatic rings. The Labute approximate surface area is 121 Å². The van der Waals surface area contributed by atoms with E-state index in [1.165, 1.54) is 10.6 Å². The van der Waals surface area contributed by atoms with Crippen LogP contribution in [0.25, 0.3) is 0 Å². The Bertz CT molecular complexity index is 368. The van der Waals surface area contributed by atoms with Gasteiger partial charge in [0.1, 0.15) is 0 Å². The SMILES string of the molecule is CCC(C)c1nc(N(C)CCCOC)sc1CNC. The van der Waals surface area contributed by atoms with Crippen molar-refractivity contribution < 1.29 is 4.74 Å². The van der Waals surface area contributed by atoms with Gasteiger partial charge >= 0.3 is 0 Å². The molecule has 1 rings (SSSR count). The molecule has 0 aliphatic carbocycles. The summed E-state index contributed by atoms with van der Waals surface area (Å²) < 4.78 is 5.10. The van der Waals surface area contributed by atoms with Crippen LogP contribution in [0.5, 0.6) is 0 Å². The summed E-state index contributed by atoms with van der Waals surface area (Å²) in [5.74, 6) is 0.528. The van der Waals surface area contributed by atoms with Crippen LogP contribution in [-0.4, -0.2) is 39.3 Å². The van der Waals surface area contributed by atoms with Crippen LogP contribution < -0.4 is 10.2 Å². The average Bonchev–Trinajstić information content (AvgIpc) is 2.82. The summed E-state index contributed by atoms with van der Waals surface area (Å²) in [5.41, 5.74) is 1.26. The van der Waals surface area contributed by atoms with E-state index in [0.29, 0.717) is 5.92 Å². The quantitative estimate of drug-likeness (QED) is 0.708. The van der Waals surface area contributed by atoms with Gasteiger partial charge in [-0.05, 0) is 25.8 Å². The molecular formula is C14H27N3OS. The zero-order valence-corrected chi connectivity index (χ0v) is 13.6. The molecule has 1 heterocycles. The summed E-state index contributed by atoms with van der Waals surface area (Å²) in [7, 11) is 5.84. The van der Waals surface area contributed by atoms with E-state index in [2.05, 4.69) is 31.1 Å². The van der Waals surface area contributed by atoms with Crippen molar-refractivity contribution in [3.63, 3.8) is 0 Å². The molecule has 0 saturated heterocycles. The van der Waals surface area contributed by atoms with E-state index < -0.39 is 0 Å². The number of hydrogen-bond acceptors (Lipinski definition) is 5. The minimum Gasteiger partial charge on any atom is -0.385 e. The Balaban J connectivity index is 2.78. The molecule has 110 valence electrons. The minimum atomic E-state index is 0.528. The van der Waals surface area contributed by atoms with Gasteiger partial charge in [0.15, 0.2) is 5.13 Å². The van der Waals surface area contributed by atoms with E-state index in [9.17, 15) is 0 Å². The monoisotopic (exact) mass is 285 g/mol. The predicted octanol–water partition coefficient (Wildman–Crippen LogP) is 2.85. The maximum Gasteiger partial charge on any atom is 0.185 e. The van der Waals surface area contributed by atoms with Gasteiger partial charge in [0, 0.05) is 38.7 Å². The number of aromatic nitrogens is 1. The van der Waals surface area contributed by atoms with Gasteiger partial charge in [-0.15, -0.1) is 11.3 Å². The Morgan fingerprint density at radius 2 is 2.21 bits per heavy atom. The highest BCUT2D eigenvalue weighted by Gasteiger charge is 2.17. The third kappa shape index (κ3) is 4.75. The molecule has 1 aromatic heterocycles. The van der Waals surface area contributed by atoms with Crippen LogP contribution >= 0.6 is 11.3 Å². The van der Waals surface area contributed by atoms with E-state index in [1.54, 1.807) is 18.4 Å². The van der Waals surface area contributed by atoms with Crippen molar-refractivity contribution in [1.29, 1.82) is 0 Å². The van der Waals surface area contributed by atoms with Crippen molar-refractivity contribution in [2.24, 2.45) is 0 Å².